The van der Waals surface area contributed by atoms with Crippen molar-refractivity contribution in [3.8, 4) is 0 Å². The largest absolute Gasteiger partial charge is 0.401 e. The minimum Gasteiger partial charge on any atom is -0.401 e. The van der Waals surface area contributed by atoms with E-state index in [1.54, 1.807) is 0 Å². The van der Waals surface area contributed by atoms with Gasteiger partial charge in [-0.05, 0) is 47.0 Å². The van der Waals surface area contributed by atoms with Gasteiger partial charge in [0.05, 0.1) is 6.10 Å². The van der Waals surface area contributed by atoms with Crippen molar-refractivity contribution in [1.82, 2.24) is 0 Å². The van der Waals surface area contributed by atoms with Crippen LogP contribution in [-0.2, 0) is 4.43 Å². The average Bonchev–Trinajstić information content (AvgIpc) is 2.66. The van der Waals surface area contributed by atoms with E-state index >= 15 is 0 Å². The molecule has 2 aromatic rings. The molecule has 0 amide bonds. The molecule has 0 radical (unpaired) electrons. The molecular formula is C26H36OSi. The highest BCUT2D eigenvalue weighted by molar-refractivity contribution is 6.99. The zero-order valence-electron chi connectivity index (χ0n) is 18.4. The van der Waals surface area contributed by atoms with Crippen LogP contribution in [0, 0.1) is 11.8 Å². The van der Waals surface area contributed by atoms with Gasteiger partial charge in [-0.3, -0.25) is 0 Å². The lowest BCUT2D eigenvalue weighted by Gasteiger charge is -2.47. The average molecular weight is 393 g/mol. The Bertz CT molecular complexity index is 747. The monoisotopic (exact) mass is 392 g/mol. The molecule has 2 heteroatoms. The third-order valence-corrected chi connectivity index (χ3v) is 11.4. The first-order valence-corrected chi connectivity index (χ1v) is 12.6. The summed E-state index contributed by atoms with van der Waals surface area (Å²) in [6.07, 6.45) is 5.03. The predicted molar refractivity (Wildman–Crippen MR) is 124 cm³/mol. The Labute approximate surface area is 173 Å². The van der Waals surface area contributed by atoms with Crippen LogP contribution in [0.15, 0.2) is 72.3 Å². The second-order valence-corrected chi connectivity index (χ2v) is 14.0. The summed E-state index contributed by atoms with van der Waals surface area (Å²) in [4.78, 5) is 0. The maximum Gasteiger partial charge on any atom is 0.261 e. The summed E-state index contributed by atoms with van der Waals surface area (Å²) >= 11 is 0. The molecule has 1 aliphatic rings. The highest BCUT2D eigenvalue weighted by Gasteiger charge is 2.52. The van der Waals surface area contributed by atoms with E-state index in [0.717, 1.165) is 0 Å². The lowest BCUT2D eigenvalue weighted by Crippen LogP contribution is -2.68. The molecule has 0 fully saturated rings. The number of hydrogen-bond donors (Lipinski definition) is 0. The topological polar surface area (TPSA) is 9.23 Å². The first-order valence-electron chi connectivity index (χ1n) is 10.7. The van der Waals surface area contributed by atoms with Crippen LogP contribution in [0.3, 0.4) is 0 Å². The van der Waals surface area contributed by atoms with Crippen molar-refractivity contribution in [3.05, 3.63) is 72.3 Å². The van der Waals surface area contributed by atoms with Crippen molar-refractivity contribution < 1.29 is 4.43 Å². The van der Waals surface area contributed by atoms with E-state index in [-0.39, 0.29) is 11.1 Å². The number of hydrogen-bond acceptors (Lipinski definition) is 1. The van der Waals surface area contributed by atoms with Gasteiger partial charge in [-0.25, -0.2) is 0 Å². The third kappa shape index (κ3) is 4.04. The highest BCUT2D eigenvalue weighted by Crippen LogP contribution is 2.41. The van der Waals surface area contributed by atoms with Gasteiger partial charge in [-0.2, -0.15) is 0 Å². The molecule has 3 rings (SSSR count). The van der Waals surface area contributed by atoms with Gasteiger partial charge < -0.3 is 4.43 Å². The second kappa shape index (κ2) is 8.38. The lowest BCUT2D eigenvalue weighted by atomic mass is 9.81. The standard InChI is InChI=1S/C26H36OSi/c1-20(2)24-18-17-21(3)19-25(24)27-28(26(4,5)6,22-13-9-7-10-14-22)23-15-11-8-12-16-23/h7-16,19-20,24-25H,17-18H2,1-6H3/t24-,25+/m0/s1. The Morgan fingerprint density at radius 1 is 0.893 bits per heavy atom. The molecule has 0 aliphatic heterocycles. The summed E-state index contributed by atoms with van der Waals surface area (Å²) in [5.41, 5.74) is 1.47. The molecule has 1 aliphatic carbocycles. The molecule has 2 atom stereocenters. The van der Waals surface area contributed by atoms with Crippen molar-refractivity contribution in [1.29, 1.82) is 0 Å². The second-order valence-electron chi connectivity index (χ2n) is 9.71. The van der Waals surface area contributed by atoms with Crippen molar-refractivity contribution in [2.45, 2.75) is 65.5 Å². The molecule has 0 unspecified atom stereocenters. The van der Waals surface area contributed by atoms with Gasteiger partial charge in [0, 0.05) is 0 Å². The number of allylic oxidation sites excluding steroid dienone is 1. The maximum absolute atomic E-state index is 7.42. The van der Waals surface area contributed by atoms with Crippen molar-refractivity contribution in [3.63, 3.8) is 0 Å². The first kappa shape index (κ1) is 21.1. The van der Waals surface area contributed by atoms with Crippen LogP contribution in [0.4, 0.5) is 0 Å². The minimum atomic E-state index is -2.50. The molecule has 28 heavy (non-hydrogen) atoms. The minimum absolute atomic E-state index is 0.0242. The van der Waals surface area contributed by atoms with Crippen LogP contribution in [0.2, 0.25) is 5.04 Å². The Hall–Kier alpha value is -1.64. The van der Waals surface area contributed by atoms with Crippen molar-refractivity contribution in [2.24, 2.45) is 11.8 Å². The smallest absolute Gasteiger partial charge is 0.261 e. The van der Waals surface area contributed by atoms with E-state index in [9.17, 15) is 0 Å². The quantitative estimate of drug-likeness (QED) is 0.452. The van der Waals surface area contributed by atoms with Crippen LogP contribution < -0.4 is 10.4 Å². The van der Waals surface area contributed by atoms with E-state index in [2.05, 4.69) is 108 Å². The van der Waals surface area contributed by atoms with E-state index in [4.69, 9.17) is 4.43 Å². The van der Waals surface area contributed by atoms with Gasteiger partial charge in [-0.1, -0.05) is 107 Å². The van der Waals surface area contributed by atoms with Gasteiger partial charge >= 0.3 is 0 Å². The summed E-state index contributed by atoms with van der Waals surface area (Å²) in [5, 5.41) is 2.76. The first-order chi connectivity index (χ1) is 13.3. The SMILES string of the molecule is CC1=C[C@@H](O[Si](c2ccccc2)(c2ccccc2)C(C)(C)C)[C@H](C(C)C)CC1. The van der Waals surface area contributed by atoms with Crippen LogP contribution >= 0.6 is 0 Å². The summed E-state index contributed by atoms with van der Waals surface area (Å²) in [7, 11) is -2.50. The van der Waals surface area contributed by atoms with Gasteiger partial charge in [-0.15, -0.1) is 0 Å². The highest BCUT2D eigenvalue weighted by atomic mass is 28.4. The van der Waals surface area contributed by atoms with E-state index in [1.807, 2.05) is 0 Å². The Kier molecular flexibility index (Phi) is 6.31. The summed E-state index contributed by atoms with van der Waals surface area (Å²) in [6, 6.07) is 22.0. The fourth-order valence-electron chi connectivity index (χ4n) is 4.78. The number of rotatable bonds is 5. The lowest BCUT2D eigenvalue weighted by molar-refractivity contribution is 0.120. The number of benzene rings is 2. The van der Waals surface area contributed by atoms with E-state index in [1.165, 1.54) is 28.8 Å². The third-order valence-electron chi connectivity index (χ3n) is 6.33. The Morgan fingerprint density at radius 3 is 1.82 bits per heavy atom. The van der Waals surface area contributed by atoms with Crippen molar-refractivity contribution >= 4 is 18.7 Å². The van der Waals surface area contributed by atoms with Crippen LogP contribution in [0.25, 0.3) is 0 Å². The van der Waals surface area contributed by atoms with Crippen molar-refractivity contribution in [2.75, 3.05) is 0 Å². The maximum atomic E-state index is 7.42. The molecule has 0 heterocycles. The zero-order valence-corrected chi connectivity index (χ0v) is 19.4. The molecule has 150 valence electrons. The van der Waals surface area contributed by atoms with Gasteiger partial charge in [0.15, 0.2) is 0 Å². The predicted octanol–water partition coefficient (Wildman–Crippen LogP) is 5.94. The van der Waals surface area contributed by atoms with E-state index < -0.39 is 8.32 Å². The fraction of sp³-hybridized carbons (Fsp3) is 0.462. The van der Waals surface area contributed by atoms with Gasteiger partial charge in [0.25, 0.3) is 8.32 Å². The van der Waals surface area contributed by atoms with E-state index in [0.29, 0.717) is 11.8 Å². The molecule has 0 aromatic heterocycles. The summed E-state index contributed by atoms with van der Waals surface area (Å²) in [6.45, 7) is 14.1. The molecule has 1 nitrogen and oxygen atoms in total. The van der Waals surface area contributed by atoms with Crippen LogP contribution in [-0.4, -0.2) is 14.4 Å². The molecule has 0 saturated heterocycles. The molecule has 2 aromatic carbocycles. The Morgan fingerprint density at radius 2 is 1.39 bits per heavy atom. The Balaban J connectivity index is 2.20. The fourth-order valence-corrected chi connectivity index (χ4v) is 9.44. The molecular weight excluding hydrogens is 356 g/mol. The molecule has 0 N–H and O–H groups in total. The summed E-state index contributed by atoms with van der Waals surface area (Å²) < 4.78 is 7.42. The summed E-state index contributed by atoms with van der Waals surface area (Å²) in [5.74, 6) is 1.19. The normalized spacial score (nSPS) is 20.9. The molecule has 0 saturated carbocycles. The zero-order chi connectivity index (χ0) is 20.4. The van der Waals surface area contributed by atoms with Gasteiger partial charge in [0.2, 0.25) is 0 Å². The van der Waals surface area contributed by atoms with Gasteiger partial charge in [0.1, 0.15) is 0 Å². The van der Waals surface area contributed by atoms with Crippen LogP contribution in [0.5, 0.6) is 0 Å². The molecule has 0 bridgehead atoms. The molecule has 0 spiro atoms. The van der Waals surface area contributed by atoms with Crippen LogP contribution in [0.1, 0.15) is 54.4 Å².